The first-order valence-corrected chi connectivity index (χ1v) is 8.94. The lowest BCUT2D eigenvalue weighted by atomic mass is 10.2. The zero-order valence-corrected chi connectivity index (χ0v) is 14.7. The van der Waals surface area contributed by atoms with Gasteiger partial charge in [-0.1, -0.05) is 42.5 Å². The van der Waals surface area contributed by atoms with Gasteiger partial charge in [0, 0.05) is 37.1 Å². The average Bonchev–Trinajstić information content (AvgIpc) is 3.14. The third kappa shape index (κ3) is 2.50. The molecule has 0 spiro atoms. The Morgan fingerprint density at radius 3 is 2.35 bits per heavy atom. The van der Waals surface area contributed by atoms with Crippen LogP contribution < -0.4 is 4.90 Å². The molecule has 2 aromatic carbocycles. The summed E-state index contributed by atoms with van der Waals surface area (Å²) in [7, 11) is 2.16. The van der Waals surface area contributed by atoms with E-state index in [1.165, 1.54) is 0 Å². The van der Waals surface area contributed by atoms with Gasteiger partial charge in [0.25, 0.3) is 0 Å². The third-order valence-corrected chi connectivity index (χ3v) is 4.98. The van der Waals surface area contributed by atoms with Gasteiger partial charge in [-0.3, -0.25) is 0 Å². The molecule has 4 aromatic rings. The summed E-state index contributed by atoms with van der Waals surface area (Å²) in [5.41, 5.74) is 2.84. The number of anilines is 1. The lowest BCUT2D eigenvalue weighted by molar-refractivity contribution is 0.310. The van der Waals surface area contributed by atoms with Crippen LogP contribution >= 0.6 is 0 Å². The van der Waals surface area contributed by atoms with Gasteiger partial charge in [0.1, 0.15) is 0 Å². The van der Waals surface area contributed by atoms with E-state index < -0.39 is 0 Å². The first kappa shape index (κ1) is 15.3. The smallest absolute Gasteiger partial charge is 0.229 e. The molecule has 3 heterocycles. The van der Waals surface area contributed by atoms with Crippen molar-refractivity contribution < 1.29 is 0 Å². The fourth-order valence-corrected chi connectivity index (χ4v) is 3.46. The normalized spacial score (nSPS) is 15.8. The van der Waals surface area contributed by atoms with E-state index in [1.807, 2.05) is 53.0 Å². The molecular formula is C20H20N6. The Balaban J connectivity index is 1.73. The molecular weight excluding hydrogens is 324 g/mol. The minimum atomic E-state index is 0.735. The number of piperazine rings is 1. The van der Waals surface area contributed by atoms with Gasteiger partial charge >= 0.3 is 0 Å². The summed E-state index contributed by atoms with van der Waals surface area (Å²) in [6, 6.07) is 18.3. The van der Waals surface area contributed by atoms with E-state index in [4.69, 9.17) is 15.1 Å². The summed E-state index contributed by atoms with van der Waals surface area (Å²) in [6.45, 7) is 3.93. The van der Waals surface area contributed by atoms with Gasteiger partial charge in [0.2, 0.25) is 5.95 Å². The fraction of sp³-hybridized carbons (Fsp3) is 0.250. The largest absolute Gasteiger partial charge is 0.338 e. The minimum Gasteiger partial charge on any atom is -0.338 e. The second kappa shape index (κ2) is 6.07. The van der Waals surface area contributed by atoms with Crippen LogP contribution in [0.25, 0.3) is 27.9 Å². The maximum atomic E-state index is 4.93. The number of hydrogen-bond donors (Lipinski definition) is 0. The molecule has 0 N–H and O–H groups in total. The van der Waals surface area contributed by atoms with E-state index in [9.17, 15) is 0 Å². The second-order valence-corrected chi connectivity index (χ2v) is 6.76. The van der Waals surface area contributed by atoms with Gasteiger partial charge in [0.15, 0.2) is 11.5 Å². The standard InChI is InChI=1S/C20H20N6/c1-24-11-13-25(14-12-24)20-21-17-10-6-5-9-16(17)19-22-18(23-26(19)20)15-7-3-2-4-8-15/h2-10H,11-14H2,1H3. The summed E-state index contributed by atoms with van der Waals surface area (Å²) in [5, 5.41) is 5.84. The molecule has 0 radical (unpaired) electrons. The van der Waals surface area contributed by atoms with Crippen LogP contribution in [0.4, 0.5) is 5.95 Å². The van der Waals surface area contributed by atoms with Crippen molar-refractivity contribution in [3.63, 3.8) is 0 Å². The van der Waals surface area contributed by atoms with Crippen LogP contribution in [-0.2, 0) is 0 Å². The lowest BCUT2D eigenvalue weighted by Crippen LogP contribution is -2.45. The number of hydrogen-bond acceptors (Lipinski definition) is 5. The average molecular weight is 344 g/mol. The summed E-state index contributed by atoms with van der Waals surface area (Å²) < 4.78 is 1.91. The highest BCUT2D eigenvalue weighted by atomic mass is 15.4. The van der Waals surface area contributed by atoms with Gasteiger partial charge in [-0.25, -0.2) is 9.97 Å². The summed E-state index contributed by atoms with van der Waals surface area (Å²) in [5.74, 6) is 1.61. The van der Waals surface area contributed by atoms with Crippen LogP contribution in [0.5, 0.6) is 0 Å². The quantitative estimate of drug-likeness (QED) is 0.560. The molecule has 1 saturated heterocycles. The summed E-state index contributed by atoms with van der Waals surface area (Å²) in [6.07, 6.45) is 0. The molecule has 1 aliphatic rings. The molecule has 0 saturated carbocycles. The van der Waals surface area contributed by atoms with E-state index in [0.717, 1.165) is 60.1 Å². The zero-order valence-electron chi connectivity index (χ0n) is 14.7. The number of fused-ring (bicyclic) bond motifs is 3. The van der Waals surface area contributed by atoms with Gasteiger partial charge in [-0.15, -0.1) is 5.10 Å². The van der Waals surface area contributed by atoms with E-state index in [1.54, 1.807) is 0 Å². The summed E-state index contributed by atoms with van der Waals surface area (Å²) >= 11 is 0. The predicted molar refractivity (Wildman–Crippen MR) is 103 cm³/mol. The lowest BCUT2D eigenvalue weighted by Gasteiger charge is -2.33. The molecule has 0 atom stereocenters. The number of para-hydroxylation sites is 1. The van der Waals surface area contributed by atoms with Crippen LogP contribution in [0, 0.1) is 0 Å². The molecule has 0 aliphatic carbocycles. The van der Waals surface area contributed by atoms with Crippen LogP contribution in [0.2, 0.25) is 0 Å². The monoisotopic (exact) mass is 344 g/mol. The van der Waals surface area contributed by atoms with Crippen molar-refractivity contribution >= 4 is 22.5 Å². The molecule has 6 nitrogen and oxygen atoms in total. The minimum absolute atomic E-state index is 0.735. The van der Waals surface area contributed by atoms with Crippen LogP contribution in [0.1, 0.15) is 0 Å². The van der Waals surface area contributed by atoms with Crippen molar-refractivity contribution in [2.75, 3.05) is 38.1 Å². The summed E-state index contributed by atoms with van der Waals surface area (Å²) in [4.78, 5) is 14.4. The Kier molecular flexibility index (Phi) is 3.57. The third-order valence-electron chi connectivity index (χ3n) is 4.98. The van der Waals surface area contributed by atoms with E-state index in [2.05, 4.69) is 22.9 Å². The second-order valence-electron chi connectivity index (χ2n) is 6.76. The van der Waals surface area contributed by atoms with Crippen LogP contribution in [0.3, 0.4) is 0 Å². The number of likely N-dealkylation sites (N-methyl/N-ethyl adjacent to an activating group) is 1. The molecule has 130 valence electrons. The van der Waals surface area contributed by atoms with Crippen molar-refractivity contribution in [2.24, 2.45) is 0 Å². The van der Waals surface area contributed by atoms with Crippen molar-refractivity contribution in [3.8, 4) is 11.4 Å². The molecule has 0 unspecified atom stereocenters. The van der Waals surface area contributed by atoms with E-state index in [-0.39, 0.29) is 0 Å². The Morgan fingerprint density at radius 1 is 0.808 bits per heavy atom. The molecule has 5 rings (SSSR count). The number of aromatic nitrogens is 4. The number of nitrogens with zero attached hydrogens (tertiary/aromatic N) is 6. The van der Waals surface area contributed by atoms with Crippen molar-refractivity contribution in [2.45, 2.75) is 0 Å². The molecule has 0 amide bonds. The van der Waals surface area contributed by atoms with Crippen molar-refractivity contribution in [3.05, 3.63) is 54.6 Å². The molecule has 26 heavy (non-hydrogen) atoms. The molecule has 0 bridgehead atoms. The predicted octanol–water partition coefficient (Wildman–Crippen LogP) is 2.70. The Hall–Kier alpha value is -2.99. The molecule has 6 heteroatoms. The van der Waals surface area contributed by atoms with Crippen molar-refractivity contribution in [1.29, 1.82) is 0 Å². The van der Waals surface area contributed by atoms with Gasteiger partial charge < -0.3 is 9.80 Å². The topological polar surface area (TPSA) is 49.6 Å². The number of rotatable bonds is 2. The van der Waals surface area contributed by atoms with E-state index in [0.29, 0.717) is 0 Å². The van der Waals surface area contributed by atoms with Gasteiger partial charge in [0.05, 0.1) is 5.52 Å². The first-order valence-electron chi connectivity index (χ1n) is 8.94. The van der Waals surface area contributed by atoms with Gasteiger partial charge in [-0.05, 0) is 19.2 Å². The number of benzene rings is 2. The fourth-order valence-electron chi connectivity index (χ4n) is 3.46. The highest BCUT2D eigenvalue weighted by Gasteiger charge is 2.21. The maximum absolute atomic E-state index is 4.93. The zero-order chi connectivity index (χ0) is 17.5. The Bertz CT molecular complexity index is 1060. The molecule has 2 aromatic heterocycles. The highest BCUT2D eigenvalue weighted by Crippen LogP contribution is 2.26. The van der Waals surface area contributed by atoms with Crippen LogP contribution in [0.15, 0.2) is 54.6 Å². The first-order chi connectivity index (χ1) is 12.8. The molecule has 1 aliphatic heterocycles. The van der Waals surface area contributed by atoms with Gasteiger partial charge in [-0.2, -0.15) is 4.52 Å². The van der Waals surface area contributed by atoms with Crippen LogP contribution in [-0.4, -0.2) is 57.7 Å². The highest BCUT2D eigenvalue weighted by molar-refractivity contribution is 5.92. The SMILES string of the molecule is CN1CCN(c2nc3ccccc3c3nc(-c4ccccc4)nn23)CC1. The van der Waals surface area contributed by atoms with Crippen molar-refractivity contribution in [1.82, 2.24) is 24.5 Å². The Labute approximate surface area is 151 Å². The maximum Gasteiger partial charge on any atom is 0.229 e. The van der Waals surface area contributed by atoms with E-state index >= 15 is 0 Å². The molecule has 1 fully saturated rings. The Morgan fingerprint density at radius 2 is 1.54 bits per heavy atom.